The van der Waals surface area contributed by atoms with Gasteiger partial charge in [-0.1, -0.05) is 42.2 Å². The number of nitrogens with zero attached hydrogens (tertiary/aromatic N) is 2. The fourth-order valence-electron chi connectivity index (χ4n) is 4.50. The first-order valence-corrected chi connectivity index (χ1v) is 14.1. The van der Waals surface area contributed by atoms with Gasteiger partial charge in [0.15, 0.2) is 9.84 Å². The van der Waals surface area contributed by atoms with Crippen LogP contribution in [0.3, 0.4) is 0 Å². The maximum Gasteiger partial charge on any atom is 0.267 e. The Morgan fingerprint density at radius 2 is 1.86 bits per heavy atom. The van der Waals surface area contributed by atoms with Crippen LogP contribution in [0.25, 0.3) is 5.57 Å². The van der Waals surface area contributed by atoms with Crippen molar-refractivity contribution in [2.45, 2.75) is 12.5 Å². The van der Waals surface area contributed by atoms with E-state index in [1.165, 1.54) is 9.80 Å². The van der Waals surface area contributed by atoms with Crippen molar-refractivity contribution in [3.8, 4) is 5.75 Å². The normalized spacial score (nSPS) is 22.8. The maximum absolute atomic E-state index is 13.6. The van der Waals surface area contributed by atoms with Crippen molar-refractivity contribution in [3.05, 3.63) is 59.0 Å². The van der Waals surface area contributed by atoms with Gasteiger partial charge in [0.1, 0.15) is 16.6 Å². The number of hydrogen-bond acceptors (Lipinski definition) is 8. The van der Waals surface area contributed by atoms with Gasteiger partial charge in [0, 0.05) is 11.3 Å². The number of anilines is 2. The molecule has 0 spiro atoms. The second kappa shape index (κ2) is 9.34. The molecule has 3 heterocycles. The van der Waals surface area contributed by atoms with Gasteiger partial charge < -0.3 is 10.1 Å². The number of ether oxygens (including phenoxy) is 1. The van der Waals surface area contributed by atoms with E-state index in [1.807, 2.05) is 0 Å². The molecule has 12 heteroatoms. The number of amides is 3. The van der Waals surface area contributed by atoms with Gasteiger partial charge >= 0.3 is 0 Å². The summed E-state index contributed by atoms with van der Waals surface area (Å²) in [6.45, 7) is -0.257. The highest BCUT2D eigenvalue weighted by atomic mass is 32.2. The quantitative estimate of drug-likeness (QED) is 0.452. The van der Waals surface area contributed by atoms with Gasteiger partial charge in [0.05, 0.1) is 40.8 Å². The number of fused-ring (bicyclic) bond motifs is 1. The lowest BCUT2D eigenvalue weighted by Crippen LogP contribution is -2.39. The first-order valence-electron chi connectivity index (χ1n) is 11.0. The van der Waals surface area contributed by atoms with Crippen LogP contribution in [0.1, 0.15) is 12.0 Å². The molecule has 1 N–H and O–H groups in total. The summed E-state index contributed by atoms with van der Waals surface area (Å²) in [6.07, 6.45) is 0.305. The lowest BCUT2D eigenvalue weighted by Gasteiger charge is -2.21. The molecule has 5 rings (SSSR count). The summed E-state index contributed by atoms with van der Waals surface area (Å²) in [6, 6.07) is 13.2. The highest BCUT2D eigenvalue weighted by Crippen LogP contribution is 2.45. The first-order chi connectivity index (χ1) is 17.2. The molecule has 2 aromatic rings. The zero-order chi connectivity index (χ0) is 25.6. The molecule has 36 heavy (non-hydrogen) atoms. The van der Waals surface area contributed by atoms with E-state index in [0.717, 1.165) is 11.8 Å². The van der Waals surface area contributed by atoms with Gasteiger partial charge in [-0.3, -0.25) is 24.2 Å². The Bertz CT molecular complexity index is 1440. The van der Waals surface area contributed by atoms with Crippen molar-refractivity contribution >= 4 is 72.8 Å². The zero-order valence-electron chi connectivity index (χ0n) is 19.1. The Morgan fingerprint density at radius 3 is 2.53 bits per heavy atom. The maximum atomic E-state index is 13.6. The highest BCUT2D eigenvalue weighted by Gasteiger charge is 2.46. The van der Waals surface area contributed by atoms with Crippen LogP contribution in [0.2, 0.25) is 0 Å². The van der Waals surface area contributed by atoms with Crippen molar-refractivity contribution in [1.29, 1.82) is 0 Å². The zero-order valence-corrected chi connectivity index (χ0v) is 21.5. The van der Waals surface area contributed by atoms with Crippen LogP contribution in [-0.2, 0) is 24.2 Å². The van der Waals surface area contributed by atoms with E-state index >= 15 is 0 Å². The van der Waals surface area contributed by atoms with E-state index in [4.69, 9.17) is 17.0 Å². The number of carbonyl (C=O) groups is 3. The van der Waals surface area contributed by atoms with E-state index in [9.17, 15) is 22.8 Å². The lowest BCUT2D eigenvalue weighted by molar-refractivity contribution is -0.123. The third kappa shape index (κ3) is 4.40. The molecule has 3 amide bonds. The fourth-order valence-corrected chi connectivity index (χ4v) is 7.67. The van der Waals surface area contributed by atoms with Crippen LogP contribution in [0, 0.1) is 0 Å². The predicted molar refractivity (Wildman–Crippen MR) is 141 cm³/mol. The lowest BCUT2D eigenvalue weighted by atomic mass is 10.1. The average molecular weight is 544 g/mol. The third-order valence-corrected chi connectivity index (χ3v) is 9.35. The number of thioether (sulfide) groups is 1. The van der Waals surface area contributed by atoms with Gasteiger partial charge in [-0.05, 0) is 36.8 Å². The standard InChI is InChI=1S/C24H21N3O6S3/c1-33-16-8-6-14(7-9-16)25-19(28)12-26-18-5-3-2-4-17(18)20(22(26)29)21-23(30)27(24(34)35-21)15-10-11-36(31,32)13-15/h2-9,15H,10-13H2,1H3,(H,25,28)/b21-20+. The van der Waals surface area contributed by atoms with Crippen molar-refractivity contribution < 1.29 is 27.5 Å². The molecule has 3 aliphatic heterocycles. The molecule has 1 atom stereocenters. The Balaban J connectivity index is 1.42. The van der Waals surface area contributed by atoms with E-state index in [1.54, 1.807) is 55.6 Å². The van der Waals surface area contributed by atoms with Gasteiger partial charge in [-0.2, -0.15) is 0 Å². The molecule has 1 unspecified atom stereocenters. The molecule has 2 saturated heterocycles. The number of sulfone groups is 1. The van der Waals surface area contributed by atoms with Crippen molar-refractivity contribution in [3.63, 3.8) is 0 Å². The monoisotopic (exact) mass is 543 g/mol. The number of hydrogen-bond donors (Lipinski definition) is 1. The molecule has 2 aromatic carbocycles. The Kier molecular flexibility index (Phi) is 6.35. The Labute approximate surface area is 217 Å². The smallest absolute Gasteiger partial charge is 0.267 e. The molecule has 3 aliphatic rings. The van der Waals surface area contributed by atoms with Crippen LogP contribution in [0.4, 0.5) is 11.4 Å². The molecular formula is C24H21N3O6S3. The number of methoxy groups -OCH3 is 1. The third-order valence-electron chi connectivity index (χ3n) is 6.20. The van der Waals surface area contributed by atoms with Gasteiger partial charge in [-0.15, -0.1) is 0 Å². The summed E-state index contributed by atoms with van der Waals surface area (Å²) in [7, 11) is -1.69. The summed E-state index contributed by atoms with van der Waals surface area (Å²) >= 11 is 6.40. The van der Waals surface area contributed by atoms with E-state index < -0.39 is 33.6 Å². The second-order valence-corrected chi connectivity index (χ2v) is 12.4. The number of benzene rings is 2. The average Bonchev–Trinajstić information content (AvgIpc) is 3.44. The molecule has 0 radical (unpaired) electrons. The summed E-state index contributed by atoms with van der Waals surface area (Å²) in [5, 5.41) is 2.76. The van der Waals surface area contributed by atoms with E-state index in [0.29, 0.717) is 29.1 Å². The SMILES string of the molecule is COc1ccc(NC(=O)CN2C(=O)/C(=C3/SC(=S)N(C4CCS(=O)(=O)C4)C3=O)c3ccccc32)cc1. The van der Waals surface area contributed by atoms with Crippen molar-refractivity contribution in [2.24, 2.45) is 0 Å². The highest BCUT2D eigenvalue weighted by molar-refractivity contribution is 8.26. The number of para-hydroxylation sites is 1. The largest absolute Gasteiger partial charge is 0.497 e. The van der Waals surface area contributed by atoms with Gasteiger partial charge in [0.25, 0.3) is 11.8 Å². The number of carbonyl (C=O) groups excluding carboxylic acids is 3. The van der Waals surface area contributed by atoms with Crippen LogP contribution in [-0.4, -0.2) is 66.6 Å². The summed E-state index contributed by atoms with van der Waals surface area (Å²) in [4.78, 5) is 42.5. The summed E-state index contributed by atoms with van der Waals surface area (Å²) in [5.74, 6) is -0.874. The van der Waals surface area contributed by atoms with Crippen LogP contribution >= 0.6 is 24.0 Å². The van der Waals surface area contributed by atoms with Crippen molar-refractivity contribution in [2.75, 3.05) is 35.4 Å². The molecule has 0 aromatic heterocycles. The number of nitrogens with one attached hydrogen (secondary N) is 1. The number of thiocarbonyl (C=S) groups is 1. The molecule has 0 saturated carbocycles. The minimum Gasteiger partial charge on any atom is -0.497 e. The van der Waals surface area contributed by atoms with Crippen LogP contribution in [0.15, 0.2) is 53.4 Å². The minimum atomic E-state index is -3.23. The molecule has 186 valence electrons. The summed E-state index contributed by atoms with van der Waals surface area (Å²) in [5.41, 5.74) is 1.76. The Hall–Kier alpha value is -3.22. The first kappa shape index (κ1) is 24.5. The second-order valence-electron chi connectivity index (χ2n) is 8.49. The molecule has 0 bridgehead atoms. The fraction of sp³-hybridized carbons (Fsp3) is 0.250. The molecule has 0 aliphatic carbocycles. The van der Waals surface area contributed by atoms with Crippen LogP contribution in [0.5, 0.6) is 5.75 Å². The Morgan fingerprint density at radius 1 is 1.14 bits per heavy atom. The minimum absolute atomic E-state index is 0.000516. The van der Waals surface area contributed by atoms with Crippen molar-refractivity contribution in [1.82, 2.24) is 4.90 Å². The van der Waals surface area contributed by atoms with Gasteiger partial charge in [0.2, 0.25) is 5.91 Å². The number of rotatable bonds is 5. The van der Waals surface area contributed by atoms with E-state index in [2.05, 4.69) is 5.32 Å². The molecule has 9 nitrogen and oxygen atoms in total. The molecular weight excluding hydrogens is 522 g/mol. The predicted octanol–water partition coefficient (Wildman–Crippen LogP) is 2.44. The van der Waals surface area contributed by atoms with E-state index in [-0.39, 0.29) is 32.8 Å². The molecule has 2 fully saturated rings. The van der Waals surface area contributed by atoms with Gasteiger partial charge in [-0.25, -0.2) is 8.42 Å². The topological polar surface area (TPSA) is 113 Å². The summed E-state index contributed by atoms with van der Waals surface area (Å²) < 4.78 is 29.3. The van der Waals surface area contributed by atoms with Crippen LogP contribution < -0.4 is 15.0 Å².